The Morgan fingerprint density at radius 2 is 0.841 bits per heavy atom. The highest BCUT2D eigenvalue weighted by Crippen LogP contribution is 2.39. The molecule has 2 heterocycles. The van der Waals surface area contributed by atoms with Crippen LogP contribution in [0.4, 0.5) is 17.1 Å². The average Bonchev–Trinajstić information content (AvgIpc) is 3.48. The molecule has 0 atom stereocenters. The SMILES string of the molecule is c1ccc(-c2ccc(-c3ccc(N(c4ccc(-c5ccccc5)cc4)c4ccc5oc6cccnc6c5c4)cc3)cc2)cc1. The summed E-state index contributed by atoms with van der Waals surface area (Å²) in [6.07, 6.45) is 1.81. The van der Waals surface area contributed by atoms with Gasteiger partial charge in [0.2, 0.25) is 0 Å². The Morgan fingerprint density at radius 3 is 1.36 bits per heavy atom. The highest BCUT2D eigenvalue weighted by atomic mass is 16.3. The number of nitrogens with zero attached hydrogens (tertiary/aromatic N) is 2. The first-order chi connectivity index (χ1) is 21.8. The van der Waals surface area contributed by atoms with Gasteiger partial charge in [0.1, 0.15) is 11.1 Å². The Kier molecular flexibility index (Phi) is 6.47. The van der Waals surface area contributed by atoms with Crippen molar-refractivity contribution in [1.29, 1.82) is 0 Å². The summed E-state index contributed by atoms with van der Waals surface area (Å²) in [5.74, 6) is 0. The van der Waals surface area contributed by atoms with Gasteiger partial charge in [-0.25, -0.2) is 0 Å². The van der Waals surface area contributed by atoms with Crippen molar-refractivity contribution in [3.8, 4) is 33.4 Å². The molecule has 0 aliphatic heterocycles. The molecule has 0 saturated heterocycles. The molecule has 6 aromatic carbocycles. The number of aromatic nitrogens is 1. The lowest BCUT2D eigenvalue weighted by molar-refractivity contribution is 0.668. The lowest BCUT2D eigenvalue weighted by Crippen LogP contribution is -2.09. The van der Waals surface area contributed by atoms with Crippen LogP contribution in [0.1, 0.15) is 0 Å². The summed E-state index contributed by atoms with van der Waals surface area (Å²) in [4.78, 5) is 6.91. The molecule has 0 amide bonds. The van der Waals surface area contributed by atoms with Crippen LogP contribution < -0.4 is 4.90 Å². The van der Waals surface area contributed by atoms with E-state index in [1.165, 1.54) is 33.4 Å². The molecule has 3 nitrogen and oxygen atoms in total. The van der Waals surface area contributed by atoms with Crippen LogP contribution in [0.5, 0.6) is 0 Å². The molecule has 0 unspecified atom stereocenters. The van der Waals surface area contributed by atoms with Gasteiger partial charge in [-0.15, -0.1) is 0 Å². The van der Waals surface area contributed by atoms with Crippen molar-refractivity contribution in [2.45, 2.75) is 0 Å². The normalized spacial score (nSPS) is 11.2. The Bertz CT molecular complexity index is 2180. The Hall–Kier alpha value is -5.93. The van der Waals surface area contributed by atoms with Gasteiger partial charge >= 0.3 is 0 Å². The van der Waals surface area contributed by atoms with E-state index in [0.717, 1.165) is 39.1 Å². The van der Waals surface area contributed by atoms with E-state index in [9.17, 15) is 0 Å². The fourth-order valence-corrected chi connectivity index (χ4v) is 5.89. The molecule has 0 aliphatic rings. The van der Waals surface area contributed by atoms with Crippen molar-refractivity contribution in [3.05, 3.63) is 170 Å². The first kappa shape index (κ1) is 25.8. The molecule has 8 aromatic rings. The van der Waals surface area contributed by atoms with Gasteiger partial charge in [0.25, 0.3) is 0 Å². The minimum absolute atomic E-state index is 0.793. The van der Waals surface area contributed by atoms with Crippen LogP contribution in [0.15, 0.2) is 174 Å². The van der Waals surface area contributed by atoms with Crippen LogP contribution >= 0.6 is 0 Å². The van der Waals surface area contributed by atoms with Crippen LogP contribution in [0.25, 0.3) is 55.4 Å². The zero-order chi connectivity index (χ0) is 29.3. The summed E-state index contributed by atoms with van der Waals surface area (Å²) in [6, 6.07) is 57.5. The summed E-state index contributed by atoms with van der Waals surface area (Å²) in [5.41, 5.74) is 12.9. The second kappa shape index (κ2) is 11.0. The summed E-state index contributed by atoms with van der Waals surface area (Å²) in [6.45, 7) is 0. The summed E-state index contributed by atoms with van der Waals surface area (Å²) < 4.78 is 6.08. The monoisotopic (exact) mass is 564 g/mol. The molecule has 8 rings (SSSR count). The minimum Gasteiger partial charge on any atom is -0.454 e. The van der Waals surface area contributed by atoms with Gasteiger partial charge in [0.15, 0.2) is 5.58 Å². The summed E-state index contributed by atoms with van der Waals surface area (Å²) in [7, 11) is 0. The Morgan fingerprint density at radius 1 is 0.386 bits per heavy atom. The summed E-state index contributed by atoms with van der Waals surface area (Å²) >= 11 is 0. The smallest absolute Gasteiger partial charge is 0.153 e. The van der Waals surface area contributed by atoms with Gasteiger partial charge in [-0.2, -0.15) is 0 Å². The van der Waals surface area contributed by atoms with E-state index in [1.807, 2.05) is 36.5 Å². The van der Waals surface area contributed by atoms with E-state index in [0.29, 0.717) is 0 Å². The van der Waals surface area contributed by atoms with Crippen molar-refractivity contribution in [2.24, 2.45) is 0 Å². The van der Waals surface area contributed by atoms with Crippen molar-refractivity contribution >= 4 is 39.1 Å². The third kappa shape index (κ3) is 4.81. The van der Waals surface area contributed by atoms with Gasteiger partial charge in [-0.1, -0.05) is 109 Å². The number of hydrogen-bond acceptors (Lipinski definition) is 3. The van der Waals surface area contributed by atoms with Crippen LogP contribution in [-0.4, -0.2) is 4.98 Å². The molecule has 0 spiro atoms. The van der Waals surface area contributed by atoms with Crippen LogP contribution in [0, 0.1) is 0 Å². The Labute approximate surface area is 256 Å². The number of furan rings is 1. The van der Waals surface area contributed by atoms with Crippen molar-refractivity contribution < 1.29 is 4.42 Å². The maximum Gasteiger partial charge on any atom is 0.153 e. The van der Waals surface area contributed by atoms with Crippen LogP contribution in [0.3, 0.4) is 0 Å². The molecule has 0 N–H and O–H groups in total. The first-order valence-corrected chi connectivity index (χ1v) is 14.8. The minimum atomic E-state index is 0.793. The largest absolute Gasteiger partial charge is 0.454 e. The topological polar surface area (TPSA) is 29.3 Å². The number of rotatable bonds is 6. The van der Waals surface area contributed by atoms with Gasteiger partial charge in [0, 0.05) is 28.6 Å². The molecular formula is C41H28N2O. The van der Waals surface area contributed by atoms with Gasteiger partial charge < -0.3 is 9.32 Å². The van der Waals surface area contributed by atoms with E-state index in [2.05, 4.69) is 143 Å². The highest BCUT2D eigenvalue weighted by molar-refractivity contribution is 6.04. The molecule has 2 aromatic heterocycles. The molecule has 0 saturated carbocycles. The quantitative estimate of drug-likeness (QED) is 0.201. The van der Waals surface area contributed by atoms with E-state index in [-0.39, 0.29) is 0 Å². The van der Waals surface area contributed by atoms with E-state index in [1.54, 1.807) is 0 Å². The van der Waals surface area contributed by atoms with Crippen LogP contribution in [0.2, 0.25) is 0 Å². The van der Waals surface area contributed by atoms with Crippen molar-refractivity contribution in [1.82, 2.24) is 4.98 Å². The fourth-order valence-electron chi connectivity index (χ4n) is 5.89. The third-order valence-electron chi connectivity index (χ3n) is 8.15. The zero-order valence-electron chi connectivity index (χ0n) is 24.0. The van der Waals surface area contributed by atoms with E-state index >= 15 is 0 Å². The first-order valence-electron chi connectivity index (χ1n) is 14.8. The molecule has 0 aliphatic carbocycles. The molecular weight excluding hydrogens is 536 g/mol. The fraction of sp³-hybridized carbons (Fsp3) is 0. The maximum atomic E-state index is 6.08. The molecule has 208 valence electrons. The Balaban J connectivity index is 1.18. The zero-order valence-corrected chi connectivity index (χ0v) is 24.0. The third-order valence-corrected chi connectivity index (χ3v) is 8.15. The molecule has 0 bridgehead atoms. The predicted octanol–water partition coefficient (Wildman–Crippen LogP) is 11.5. The second-order valence-corrected chi connectivity index (χ2v) is 10.9. The number of benzene rings is 6. The standard InChI is InChI=1S/C41H28N2O/c1-3-8-29(9-4-1)31-13-15-32(16-14-31)34-19-23-36(24-20-34)43(35-21-17-33(18-22-35)30-10-5-2-6-11-30)37-25-26-39-38(28-37)41-40(44-39)12-7-27-42-41/h1-28H. The number of pyridine rings is 1. The number of hydrogen-bond donors (Lipinski definition) is 0. The number of fused-ring (bicyclic) bond motifs is 3. The van der Waals surface area contributed by atoms with Gasteiger partial charge in [0.05, 0.1) is 0 Å². The predicted molar refractivity (Wildman–Crippen MR) is 183 cm³/mol. The lowest BCUT2D eigenvalue weighted by atomic mass is 10.00. The second-order valence-electron chi connectivity index (χ2n) is 10.9. The van der Waals surface area contributed by atoms with Gasteiger partial charge in [-0.3, -0.25) is 4.98 Å². The maximum absolute atomic E-state index is 6.08. The van der Waals surface area contributed by atoms with Crippen LogP contribution in [-0.2, 0) is 0 Å². The van der Waals surface area contributed by atoms with E-state index in [4.69, 9.17) is 4.42 Å². The lowest BCUT2D eigenvalue weighted by Gasteiger charge is -2.26. The van der Waals surface area contributed by atoms with Gasteiger partial charge in [-0.05, 0) is 88.0 Å². The summed E-state index contributed by atoms with van der Waals surface area (Å²) in [5, 5.41) is 0.999. The molecule has 44 heavy (non-hydrogen) atoms. The number of anilines is 3. The highest BCUT2D eigenvalue weighted by Gasteiger charge is 2.16. The molecule has 3 heteroatoms. The average molecular weight is 565 g/mol. The van der Waals surface area contributed by atoms with Crippen molar-refractivity contribution in [2.75, 3.05) is 4.90 Å². The molecule has 0 radical (unpaired) electrons. The van der Waals surface area contributed by atoms with Crippen molar-refractivity contribution in [3.63, 3.8) is 0 Å². The molecule has 0 fully saturated rings. The van der Waals surface area contributed by atoms with E-state index < -0.39 is 0 Å².